The van der Waals surface area contributed by atoms with Crippen molar-refractivity contribution in [3.8, 4) is 0 Å². The summed E-state index contributed by atoms with van der Waals surface area (Å²) in [5.74, 6) is 0.759. The number of hydrogen-bond acceptors (Lipinski definition) is 2. The number of methoxy groups -OCH3 is 2. The fourth-order valence-electron chi connectivity index (χ4n) is 2.41. The summed E-state index contributed by atoms with van der Waals surface area (Å²) in [5.41, 5.74) is 0.239. The first-order valence-corrected chi connectivity index (χ1v) is 7.08. The normalized spacial score (nSPS) is 12.4. The van der Waals surface area contributed by atoms with Gasteiger partial charge < -0.3 is 9.47 Å². The van der Waals surface area contributed by atoms with Crippen LogP contribution in [0, 0.1) is 11.3 Å². The van der Waals surface area contributed by atoms with E-state index in [1.165, 1.54) is 38.5 Å². The standard InChI is InChI=1S/C15H32O2/c1-6-7-8-10-15(12-16-4,13-17-5)11-9-14(2)3/h14H,6-13H2,1-5H3. The van der Waals surface area contributed by atoms with Gasteiger partial charge in [0.25, 0.3) is 0 Å². The predicted octanol–water partition coefficient (Wildman–Crippen LogP) is 4.28. The Hall–Kier alpha value is -0.0800. The van der Waals surface area contributed by atoms with Crippen LogP contribution in [-0.2, 0) is 9.47 Å². The largest absolute Gasteiger partial charge is 0.384 e. The predicted molar refractivity (Wildman–Crippen MR) is 74.4 cm³/mol. The molecule has 0 spiro atoms. The van der Waals surface area contributed by atoms with Crippen molar-refractivity contribution in [1.82, 2.24) is 0 Å². The van der Waals surface area contributed by atoms with Crippen LogP contribution < -0.4 is 0 Å². The third-order valence-electron chi connectivity index (χ3n) is 3.46. The van der Waals surface area contributed by atoms with Crippen molar-refractivity contribution in [2.24, 2.45) is 11.3 Å². The van der Waals surface area contributed by atoms with E-state index in [1.807, 2.05) is 0 Å². The molecule has 0 aliphatic rings. The molecular weight excluding hydrogens is 212 g/mol. The minimum Gasteiger partial charge on any atom is -0.384 e. The average Bonchev–Trinajstić information content (AvgIpc) is 2.27. The topological polar surface area (TPSA) is 18.5 Å². The maximum atomic E-state index is 5.44. The maximum Gasteiger partial charge on any atom is 0.0540 e. The summed E-state index contributed by atoms with van der Waals surface area (Å²) >= 11 is 0. The Morgan fingerprint density at radius 2 is 1.53 bits per heavy atom. The quantitative estimate of drug-likeness (QED) is 0.505. The Morgan fingerprint density at radius 1 is 0.941 bits per heavy atom. The van der Waals surface area contributed by atoms with E-state index in [-0.39, 0.29) is 5.41 Å². The molecule has 0 aromatic heterocycles. The summed E-state index contributed by atoms with van der Waals surface area (Å²) in [6, 6.07) is 0. The fourth-order valence-corrected chi connectivity index (χ4v) is 2.41. The molecule has 104 valence electrons. The van der Waals surface area contributed by atoms with Gasteiger partial charge in [0.05, 0.1) is 13.2 Å². The van der Waals surface area contributed by atoms with Crippen LogP contribution in [0.15, 0.2) is 0 Å². The maximum absolute atomic E-state index is 5.44. The zero-order valence-corrected chi connectivity index (χ0v) is 12.6. The van der Waals surface area contributed by atoms with Gasteiger partial charge in [-0.25, -0.2) is 0 Å². The summed E-state index contributed by atoms with van der Waals surface area (Å²) in [4.78, 5) is 0. The molecule has 2 heteroatoms. The molecule has 0 fully saturated rings. The van der Waals surface area contributed by atoms with Gasteiger partial charge in [-0.1, -0.05) is 46.5 Å². The molecule has 0 aliphatic heterocycles. The lowest BCUT2D eigenvalue weighted by atomic mass is 9.78. The molecular formula is C15H32O2. The van der Waals surface area contributed by atoms with Gasteiger partial charge >= 0.3 is 0 Å². The molecule has 0 atom stereocenters. The summed E-state index contributed by atoms with van der Waals surface area (Å²) in [6.07, 6.45) is 7.60. The SMILES string of the molecule is CCCCCC(CCC(C)C)(COC)COC. The highest BCUT2D eigenvalue weighted by Crippen LogP contribution is 2.33. The minimum absolute atomic E-state index is 0.239. The lowest BCUT2D eigenvalue weighted by Gasteiger charge is -2.33. The van der Waals surface area contributed by atoms with E-state index in [0.717, 1.165) is 19.1 Å². The van der Waals surface area contributed by atoms with E-state index in [0.29, 0.717) is 0 Å². The Bertz CT molecular complexity index is 160. The van der Waals surface area contributed by atoms with E-state index in [2.05, 4.69) is 20.8 Å². The number of hydrogen-bond donors (Lipinski definition) is 0. The molecule has 0 aliphatic carbocycles. The average molecular weight is 244 g/mol. The Morgan fingerprint density at radius 3 is 1.94 bits per heavy atom. The van der Waals surface area contributed by atoms with Crippen molar-refractivity contribution in [2.75, 3.05) is 27.4 Å². The Kier molecular flexibility index (Phi) is 9.85. The first kappa shape index (κ1) is 16.9. The van der Waals surface area contributed by atoms with Crippen molar-refractivity contribution in [1.29, 1.82) is 0 Å². The number of ether oxygens (including phenoxy) is 2. The van der Waals surface area contributed by atoms with Gasteiger partial charge in [0.2, 0.25) is 0 Å². The van der Waals surface area contributed by atoms with E-state index < -0.39 is 0 Å². The van der Waals surface area contributed by atoms with Crippen LogP contribution in [0.4, 0.5) is 0 Å². The fraction of sp³-hybridized carbons (Fsp3) is 1.00. The second-order valence-corrected chi connectivity index (χ2v) is 5.76. The second-order valence-electron chi connectivity index (χ2n) is 5.76. The van der Waals surface area contributed by atoms with E-state index in [1.54, 1.807) is 14.2 Å². The lowest BCUT2D eigenvalue weighted by Crippen LogP contribution is -2.32. The van der Waals surface area contributed by atoms with Crippen molar-refractivity contribution < 1.29 is 9.47 Å². The molecule has 0 saturated carbocycles. The molecule has 0 unspecified atom stereocenters. The zero-order chi connectivity index (χ0) is 13.1. The van der Waals surface area contributed by atoms with Crippen molar-refractivity contribution >= 4 is 0 Å². The Labute approximate surface area is 108 Å². The molecule has 0 heterocycles. The summed E-state index contributed by atoms with van der Waals surface area (Å²) < 4.78 is 10.9. The molecule has 0 rings (SSSR count). The second kappa shape index (κ2) is 9.90. The number of rotatable bonds is 11. The van der Waals surface area contributed by atoms with Crippen LogP contribution >= 0.6 is 0 Å². The first-order chi connectivity index (χ1) is 8.10. The van der Waals surface area contributed by atoms with Crippen LogP contribution in [0.25, 0.3) is 0 Å². The van der Waals surface area contributed by atoms with E-state index in [9.17, 15) is 0 Å². The summed E-state index contributed by atoms with van der Waals surface area (Å²) in [6.45, 7) is 8.49. The highest BCUT2D eigenvalue weighted by Gasteiger charge is 2.29. The van der Waals surface area contributed by atoms with Gasteiger partial charge in [-0.3, -0.25) is 0 Å². The Balaban J connectivity index is 4.36. The van der Waals surface area contributed by atoms with Gasteiger partial charge in [-0.2, -0.15) is 0 Å². The molecule has 17 heavy (non-hydrogen) atoms. The molecule has 0 aromatic rings. The van der Waals surface area contributed by atoms with Gasteiger partial charge in [0, 0.05) is 19.6 Å². The smallest absolute Gasteiger partial charge is 0.0540 e. The summed E-state index contributed by atoms with van der Waals surface area (Å²) in [5, 5.41) is 0. The van der Waals surface area contributed by atoms with Gasteiger partial charge in [-0.05, 0) is 18.8 Å². The van der Waals surface area contributed by atoms with Crippen LogP contribution in [0.5, 0.6) is 0 Å². The van der Waals surface area contributed by atoms with E-state index >= 15 is 0 Å². The van der Waals surface area contributed by atoms with Crippen molar-refractivity contribution in [2.45, 2.75) is 59.3 Å². The number of unbranched alkanes of at least 4 members (excludes halogenated alkanes) is 2. The minimum atomic E-state index is 0.239. The highest BCUT2D eigenvalue weighted by atomic mass is 16.5. The van der Waals surface area contributed by atoms with Crippen LogP contribution in [0.3, 0.4) is 0 Å². The third kappa shape index (κ3) is 7.77. The molecule has 0 radical (unpaired) electrons. The highest BCUT2D eigenvalue weighted by molar-refractivity contribution is 4.79. The van der Waals surface area contributed by atoms with E-state index in [4.69, 9.17) is 9.47 Å². The molecule has 0 bridgehead atoms. The van der Waals surface area contributed by atoms with Crippen LogP contribution in [-0.4, -0.2) is 27.4 Å². The summed E-state index contributed by atoms with van der Waals surface area (Å²) in [7, 11) is 3.61. The van der Waals surface area contributed by atoms with Gasteiger partial charge in [0.15, 0.2) is 0 Å². The van der Waals surface area contributed by atoms with Crippen LogP contribution in [0.1, 0.15) is 59.3 Å². The molecule has 0 saturated heterocycles. The van der Waals surface area contributed by atoms with Gasteiger partial charge in [0.1, 0.15) is 0 Å². The first-order valence-electron chi connectivity index (χ1n) is 7.08. The third-order valence-corrected chi connectivity index (χ3v) is 3.46. The molecule has 0 aromatic carbocycles. The lowest BCUT2D eigenvalue weighted by molar-refractivity contribution is -0.00593. The molecule has 2 nitrogen and oxygen atoms in total. The molecule has 0 N–H and O–H groups in total. The van der Waals surface area contributed by atoms with Crippen molar-refractivity contribution in [3.63, 3.8) is 0 Å². The molecule has 0 amide bonds. The van der Waals surface area contributed by atoms with Gasteiger partial charge in [-0.15, -0.1) is 0 Å². The monoisotopic (exact) mass is 244 g/mol. The zero-order valence-electron chi connectivity index (χ0n) is 12.6. The van der Waals surface area contributed by atoms with Crippen LogP contribution in [0.2, 0.25) is 0 Å². The van der Waals surface area contributed by atoms with Crippen molar-refractivity contribution in [3.05, 3.63) is 0 Å².